The van der Waals surface area contributed by atoms with Crippen LogP contribution < -0.4 is 5.32 Å². The molecule has 0 radical (unpaired) electrons. The van der Waals surface area contributed by atoms with E-state index in [9.17, 15) is 9.50 Å². The number of aliphatic hydroxyl groups is 1. The molecule has 2 N–H and O–H groups in total. The zero-order valence-electron chi connectivity index (χ0n) is 10.1. The third kappa shape index (κ3) is 3.58. The highest BCUT2D eigenvalue weighted by Gasteiger charge is 2.19. The molecule has 2 nitrogen and oxygen atoms in total. The number of halogens is 1. The van der Waals surface area contributed by atoms with Crippen LogP contribution in [0.4, 0.5) is 4.39 Å². The molecular formula is C13H20FNO. The van der Waals surface area contributed by atoms with E-state index in [1.807, 2.05) is 19.9 Å². The Morgan fingerprint density at radius 1 is 1.44 bits per heavy atom. The lowest BCUT2D eigenvalue weighted by molar-refractivity contribution is 0.0532. The Balaban J connectivity index is 2.60. The fourth-order valence-electron chi connectivity index (χ4n) is 1.43. The predicted octanol–water partition coefficient (Wildman–Crippen LogP) is 2.64. The van der Waals surface area contributed by atoms with Crippen molar-refractivity contribution >= 4 is 0 Å². The third-order valence-corrected chi connectivity index (χ3v) is 2.92. The summed E-state index contributed by atoms with van der Waals surface area (Å²) in [4.78, 5) is 0. The standard InChI is InChI=1S/C13H20FNO/c1-4-13(3,16)9-15-10(2)11-7-5-6-8-12(11)14/h5-8,10,15-16H,4,9H2,1-3H3. The van der Waals surface area contributed by atoms with Gasteiger partial charge in [-0.25, -0.2) is 4.39 Å². The van der Waals surface area contributed by atoms with Gasteiger partial charge in [-0.2, -0.15) is 0 Å². The van der Waals surface area contributed by atoms with Gasteiger partial charge in [0.15, 0.2) is 0 Å². The van der Waals surface area contributed by atoms with E-state index in [2.05, 4.69) is 5.32 Å². The Kier molecular flexibility index (Phi) is 4.44. The van der Waals surface area contributed by atoms with Crippen LogP contribution in [0, 0.1) is 5.82 Å². The first kappa shape index (κ1) is 13.1. The lowest BCUT2D eigenvalue weighted by Crippen LogP contribution is -2.38. The van der Waals surface area contributed by atoms with Crippen LogP contribution in [0.25, 0.3) is 0 Å². The van der Waals surface area contributed by atoms with Crippen molar-refractivity contribution in [3.05, 3.63) is 35.6 Å². The summed E-state index contributed by atoms with van der Waals surface area (Å²) in [5.74, 6) is -0.210. The maximum Gasteiger partial charge on any atom is 0.127 e. The minimum Gasteiger partial charge on any atom is -0.389 e. The first-order chi connectivity index (χ1) is 7.46. The van der Waals surface area contributed by atoms with Crippen LogP contribution in [0.2, 0.25) is 0 Å². The van der Waals surface area contributed by atoms with Crippen LogP contribution in [0.3, 0.4) is 0 Å². The van der Waals surface area contributed by atoms with Crippen molar-refractivity contribution in [3.63, 3.8) is 0 Å². The number of rotatable bonds is 5. The summed E-state index contributed by atoms with van der Waals surface area (Å²) >= 11 is 0. The zero-order chi connectivity index (χ0) is 12.2. The normalized spacial score (nSPS) is 16.8. The lowest BCUT2D eigenvalue weighted by atomic mass is 10.0. The molecule has 1 aromatic carbocycles. The van der Waals surface area contributed by atoms with Gasteiger partial charge in [0.2, 0.25) is 0 Å². The maximum absolute atomic E-state index is 13.4. The van der Waals surface area contributed by atoms with Gasteiger partial charge in [-0.1, -0.05) is 25.1 Å². The molecule has 2 atom stereocenters. The Labute approximate surface area is 96.5 Å². The zero-order valence-corrected chi connectivity index (χ0v) is 10.1. The SMILES string of the molecule is CCC(C)(O)CNC(C)c1ccccc1F. The Hall–Kier alpha value is -0.930. The molecule has 0 aliphatic heterocycles. The molecule has 1 aromatic rings. The van der Waals surface area contributed by atoms with Crippen LogP contribution >= 0.6 is 0 Å². The molecule has 1 rings (SSSR count). The molecule has 0 aromatic heterocycles. The van der Waals surface area contributed by atoms with Gasteiger partial charge in [-0.3, -0.25) is 0 Å². The van der Waals surface area contributed by atoms with Gasteiger partial charge in [-0.15, -0.1) is 0 Å². The van der Waals surface area contributed by atoms with E-state index < -0.39 is 5.60 Å². The van der Waals surface area contributed by atoms with Crippen LogP contribution in [-0.2, 0) is 0 Å². The molecule has 16 heavy (non-hydrogen) atoms. The van der Waals surface area contributed by atoms with Crippen molar-refractivity contribution in [2.75, 3.05) is 6.54 Å². The molecule has 0 saturated heterocycles. The Morgan fingerprint density at radius 3 is 2.62 bits per heavy atom. The first-order valence-corrected chi connectivity index (χ1v) is 5.66. The summed E-state index contributed by atoms with van der Waals surface area (Å²) < 4.78 is 13.4. The van der Waals surface area contributed by atoms with Gasteiger partial charge >= 0.3 is 0 Å². The number of hydrogen-bond acceptors (Lipinski definition) is 2. The second-order valence-electron chi connectivity index (χ2n) is 4.47. The monoisotopic (exact) mass is 225 g/mol. The lowest BCUT2D eigenvalue weighted by Gasteiger charge is -2.24. The topological polar surface area (TPSA) is 32.3 Å². The van der Waals surface area contributed by atoms with Crippen LogP contribution in [0.5, 0.6) is 0 Å². The van der Waals surface area contributed by atoms with Crippen molar-refractivity contribution in [2.45, 2.75) is 38.8 Å². The van der Waals surface area contributed by atoms with Crippen LogP contribution in [0.1, 0.15) is 38.8 Å². The van der Waals surface area contributed by atoms with Crippen molar-refractivity contribution in [1.29, 1.82) is 0 Å². The van der Waals surface area contributed by atoms with Gasteiger partial charge in [0.05, 0.1) is 5.60 Å². The predicted molar refractivity (Wildman–Crippen MR) is 63.7 cm³/mol. The van der Waals surface area contributed by atoms with Gasteiger partial charge in [-0.05, 0) is 26.3 Å². The molecule has 0 amide bonds. The number of nitrogens with one attached hydrogen (secondary N) is 1. The van der Waals surface area contributed by atoms with Crippen molar-refractivity contribution < 1.29 is 9.50 Å². The molecule has 3 heteroatoms. The van der Waals surface area contributed by atoms with Crippen molar-refractivity contribution in [3.8, 4) is 0 Å². The van der Waals surface area contributed by atoms with E-state index in [-0.39, 0.29) is 11.9 Å². The van der Waals surface area contributed by atoms with E-state index in [1.54, 1.807) is 19.1 Å². The maximum atomic E-state index is 13.4. The van der Waals surface area contributed by atoms with E-state index in [0.717, 1.165) is 0 Å². The second kappa shape index (κ2) is 5.41. The van der Waals surface area contributed by atoms with Gasteiger partial charge in [0.1, 0.15) is 5.82 Å². The minimum absolute atomic E-state index is 0.0979. The molecule has 0 bridgehead atoms. The summed E-state index contributed by atoms with van der Waals surface area (Å²) in [5.41, 5.74) is -0.103. The van der Waals surface area contributed by atoms with E-state index in [1.165, 1.54) is 6.07 Å². The second-order valence-corrected chi connectivity index (χ2v) is 4.47. The van der Waals surface area contributed by atoms with E-state index >= 15 is 0 Å². The van der Waals surface area contributed by atoms with Crippen molar-refractivity contribution in [1.82, 2.24) is 5.32 Å². The molecule has 0 aliphatic carbocycles. The van der Waals surface area contributed by atoms with Gasteiger partial charge < -0.3 is 10.4 Å². The summed E-state index contributed by atoms with van der Waals surface area (Å²) in [6, 6.07) is 6.60. The summed E-state index contributed by atoms with van der Waals surface area (Å²) in [6.45, 7) is 6.05. The fourth-order valence-corrected chi connectivity index (χ4v) is 1.43. The van der Waals surface area contributed by atoms with E-state index in [4.69, 9.17) is 0 Å². The first-order valence-electron chi connectivity index (χ1n) is 5.66. The average molecular weight is 225 g/mol. The smallest absolute Gasteiger partial charge is 0.127 e. The van der Waals surface area contributed by atoms with Gasteiger partial charge in [0, 0.05) is 18.2 Å². The minimum atomic E-state index is -0.737. The van der Waals surface area contributed by atoms with Crippen LogP contribution in [-0.4, -0.2) is 17.3 Å². The molecule has 0 spiro atoms. The highest BCUT2D eigenvalue weighted by Crippen LogP contribution is 2.17. The Bertz CT molecular complexity index is 338. The molecule has 90 valence electrons. The summed E-state index contributed by atoms with van der Waals surface area (Å²) in [6.07, 6.45) is 0.671. The van der Waals surface area contributed by atoms with Crippen LogP contribution in [0.15, 0.2) is 24.3 Å². The number of benzene rings is 1. The molecule has 0 aliphatic rings. The summed E-state index contributed by atoms with van der Waals surface area (Å²) in [5, 5.41) is 13.0. The van der Waals surface area contributed by atoms with E-state index in [0.29, 0.717) is 18.5 Å². The number of hydrogen-bond donors (Lipinski definition) is 2. The largest absolute Gasteiger partial charge is 0.389 e. The third-order valence-electron chi connectivity index (χ3n) is 2.92. The fraction of sp³-hybridized carbons (Fsp3) is 0.538. The quantitative estimate of drug-likeness (QED) is 0.807. The molecule has 0 fully saturated rings. The van der Waals surface area contributed by atoms with Crippen molar-refractivity contribution in [2.24, 2.45) is 0 Å². The Morgan fingerprint density at radius 2 is 2.06 bits per heavy atom. The average Bonchev–Trinajstić information content (AvgIpc) is 2.27. The molecule has 0 saturated carbocycles. The highest BCUT2D eigenvalue weighted by atomic mass is 19.1. The molecule has 0 heterocycles. The molecular weight excluding hydrogens is 205 g/mol. The van der Waals surface area contributed by atoms with Gasteiger partial charge in [0.25, 0.3) is 0 Å². The summed E-state index contributed by atoms with van der Waals surface area (Å²) in [7, 11) is 0. The highest BCUT2D eigenvalue weighted by molar-refractivity contribution is 5.20. The molecule has 2 unspecified atom stereocenters.